The molecule has 1 heterocycles. The Morgan fingerprint density at radius 2 is 2.00 bits per heavy atom. The highest BCUT2D eigenvalue weighted by atomic mass is 16.1. The SMILES string of the molecule is O=c1nccc(-c2ccccc2C2CCC2)[nH]1. The quantitative estimate of drug-likeness (QED) is 0.855. The predicted molar refractivity (Wildman–Crippen MR) is 66.9 cm³/mol. The normalized spacial score (nSPS) is 15.5. The lowest BCUT2D eigenvalue weighted by Crippen LogP contribution is -2.13. The molecule has 0 saturated heterocycles. The highest BCUT2D eigenvalue weighted by Crippen LogP contribution is 2.40. The van der Waals surface area contributed by atoms with Crippen LogP contribution in [-0.2, 0) is 0 Å². The minimum Gasteiger partial charge on any atom is -0.305 e. The molecule has 0 spiro atoms. The maximum atomic E-state index is 11.3. The number of hydrogen-bond acceptors (Lipinski definition) is 2. The van der Waals surface area contributed by atoms with Crippen molar-refractivity contribution < 1.29 is 0 Å². The minimum atomic E-state index is -0.286. The molecule has 0 radical (unpaired) electrons. The molecular weight excluding hydrogens is 212 g/mol. The van der Waals surface area contributed by atoms with E-state index >= 15 is 0 Å². The molecule has 1 aromatic heterocycles. The largest absolute Gasteiger partial charge is 0.345 e. The zero-order valence-corrected chi connectivity index (χ0v) is 9.52. The highest BCUT2D eigenvalue weighted by molar-refractivity contribution is 5.64. The molecule has 0 amide bonds. The molecule has 0 atom stereocenters. The molecule has 0 aliphatic heterocycles. The van der Waals surface area contributed by atoms with E-state index in [1.54, 1.807) is 6.20 Å². The van der Waals surface area contributed by atoms with Gasteiger partial charge in [0.05, 0.1) is 5.69 Å². The van der Waals surface area contributed by atoms with Crippen molar-refractivity contribution in [1.82, 2.24) is 9.97 Å². The monoisotopic (exact) mass is 226 g/mol. The summed E-state index contributed by atoms with van der Waals surface area (Å²) < 4.78 is 0. The second kappa shape index (κ2) is 4.17. The molecular formula is C14H14N2O. The van der Waals surface area contributed by atoms with E-state index in [4.69, 9.17) is 0 Å². The molecule has 86 valence electrons. The third-order valence-electron chi connectivity index (χ3n) is 3.47. The van der Waals surface area contributed by atoms with Crippen LogP contribution in [0.4, 0.5) is 0 Å². The topological polar surface area (TPSA) is 45.8 Å². The highest BCUT2D eigenvalue weighted by Gasteiger charge is 2.22. The Bertz CT molecular complexity index is 585. The van der Waals surface area contributed by atoms with E-state index in [0.29, 0.717) is 5.92 Å². The summed E-state index contributed by atoms with van der Waals surface area (Å²) in [7, 11) is 0. The Morgan fingerprint density at radius 1 is 1.18 bits per heavy atom. The lowest BCUT2D eigenvalue weighted by Gasteiger charge is -2.27. The summed E-state index contributed by atoms with van der Waals surface area (Å²) in [5.41, 5.74) is 3.07. The molecule has 3 rings (SSSR count). The molecule has 1 fully saturated rings. The van der Waals surface area contributed by atoms with Crippen LogP contribution in [0.3, 0.4) is 0 Å². The van der Waals surface area contributed by atoms with Gasteiger partial charge in [-0.15, -0.1) is 0 Å². The summed E-state index contributed by atoms with van der Waals surface area (Å²) in [5.74, 6) is 0.655. The average molecular weight is 226 g/mol. The standard InChI is InChI=1S/C14H14N2O/c17-14-15-9-8-13(16-14)12-7-2-1-6-11(12)10-4-3-5-10/h1-2,6-10H,3-5H2,(H,15,16,17). The third-order valence-corrected chi connectivity index (χ3v) is 3.47. The van der Waals surface area contributed by atoms with Crippen LogP contribution in [0.15, 0.2) is 41.3 Å². The van der Waals surface area contributed by atoms with Crippen LogP contribution in [0.2, 0.25) is 0 Å². The van der Waals surface area contributed by atoms with Gasteiger partial charge < -0.3 is 4.98 Å². The van der Waals surface area contributed by atoms with Crippen LogP contribution in [-0.4, -0.2) is 9.97 Å². The van der Waals surface area contributed by atoms with Gasteiger partial charge in [-0.2, -0.15) is 0 Å². The van der Waals surface area contributed by atoms with E-state index in [1.807, 2.05) is 12.1 Å². The number of aromatic nitrogens is 2. The molecule has 17 heavy (non-hydrogen) atoms. The lowest BCUT2D eigenvalue weighted by atomic mass is 9.78. The van der Waals surface area contributed by atoms with E-state index in [-0.39, 0.29) is 5.69 Å². The molecule has 1 aromatic carbocycles. The fraction of sp³-hybridized carbons (Fsp3) is 0.286. The van der Waals surface area contributed by atoms with E-state index in [2.05, 4.69) is 28.2 Å². The van der Waals surface area contributed by atoms with Crippen LogP contribution >= 0.6 is 0 Å². The van der Waals surface area contributed by atoms with Gasteiger partial charge in [0.2, 0.25) is 0 Å². The second-order valence-electron chi connectivity index (χ2n) is 4.50. The lowest BCUT2D eigenvalue weighted by molar-refractivity contribution is 0.420. The van der Waals surface area contributed by atoms with Crippen LogP contribution < -0.4 is 5.69 Å². The number of rotatable bonds is 2. The van der Waals surface area contributed by atoms with Gasteiger partial charge in [0.1, 0.15) is 0 Å². The molecule has 1 aliphatic carbocycles. The second-order valence-corrected chi connectivity index (χ2v) is 4.50. The first-order valence-corrected chi connectivity index (χ1v) is 5.99. The van der Waals surface area contributed by atoms with Gasteiger partial charge in [0.15, 0.2) is 0 Å². The van der Waals surface area contributed by atoms with Crippen molar-refractivity contribution in [2.45, 2.75) is 25.2 Å². The van der Waals surface area contributed by atoms with Gasteiger partial charge in [-0.1, -0.05) is 30.7 Å². The number of nitrogens with zero attached hydrogens (tertiary/aromatic N) is 1. The summed E-state index contributed by atoms with van der Waals surface area (Å²) in [6.45, 7) is 0. The molecule has 1 aliphatic rings. The zero-order chi connectivity index (χ0) is 11.7. The Labute approximate surface area is 99.5 Å². The first-order valence-electron chi connectivity index (χ1n) is 5.99. The van der Waals surface area contributed by atoms with Crippen molar-refractivity contribution in [3.8, 4) is 11.3 Å². The van der Waals surface area contributed by atoms with Gasteiger partial charge in [-0.25, -0.2) is 9.78 Å². The fourth-order valence-electron chi connectivity index (χ4n) is 2.34. The number of nitrogens with one attached hydrogen (secondary N) is 1. The maximum absolute atomic E-state index is 11.3. The Hall–Kier alpha value is -1.90. The zero-order valence-electron chi connectivity index (χ0n) is 9.52. The van der Waals surface area contributed by atoms with Gasteiger partial charge in [0.25, 0.3) is 0 Å². The van der Waals surface area contributed by atoms with Gasteiger partial charge >= 0.3 is 5.69 Å². The number of H-pyrrole nitrogens is 1. The van der Waals surface area contributed by atoms with Gasteiger partial charge in [-0.3, -0.25) is 0 Å². The van der Waals surface area contributed by atoms with Crippen LogP contribution in [0, 0.1) is 0 Å². The number of benzene rings is 1. The van der Waals surface area contributed by atoms with Crippen molar-refractivity contribution in [3.05, 3.63) is 52.6 Å². The molecule has 2 aromatic rings. The van der Waals surface area contributed by atoms with Crippen molar-refractivity contribution in [2.75, 3.05) is 0 Å². The summed E-state index contributed by atoms with van der Waals surface area (Å²) in [5, 5.41) is 0. The van der Waals surface area contributed by atoms with Gasteiger partial charge in [0, 0.05) is 11.8 Å². The average Bonchev–Trinajstić information content (AvgIpc) is 2.27. The fourth-order valence-corrected chi connectivity index (χ4v) is 2.34. The van der Waals surface area contributed by atoms with E-state index in [0.717, 1.165) is 11.3 Å². The molecule has 0 unspecified atom stereocenters. The summed E-state index contributed by atoms with van der Waals surface area (Å²) >= 11 is 0. The van der Waals surface area contributed by atoms with Crippen molar-refractivity contribution in [1.29, 1.82) is 0 Å². The Morgan fingerprint density at radius 3 is 2.71 bits per heavy atom. The van der Waals surface area contributed by atoms with E-state index in [1.165, 1.54) is 24.8 Å². The number of aromatic amines is 1. The molecule has 1 N–H and O–H groups in total. The van der Waals surface area contributed by atoms with Crippen LogP contribution in [0.1, 0.15) is 30.7 Å². The van der Waals surface area contributed by atoms with Crippen molar-refractivity contribution in [3.63, 3.8) is 0 Å². The first-order chi connectivity index (χ1) is 8.34. The third kappa shape index (κ3) is 1.88. The van der Waals surface area contributed by atoms with E-state index in [9.17, 15) is 4.79 Å². The van der Waals surface area contributed by atoms with Crippen molar-refractivity contribution in [2.24, 2.45) is 0 Å². The summed E-state index contributed by atoms with van der Waals surface area (Å²) in [6.07, 6.45) is 5.39. The van der Waals surface area contributed by atoms with Crippen LogP contribution in [0.5, 0.6) is 0 Å². The number of hydrogen-bond donors (Lipinski definition) is 1. The van der Waals surface area contributed by atoms with Crippen LogP contribution in [0.25, 0.3) is 11.3 Å². The maximum Gasteiger partial charge on any atom is 0.345 e. The summed E-state index contributed by atoms with van der Waals surface area (Å²) in [4.78, 5) is 17.7. The Balaban J connectivity index is 2.10. The summed E-state index contributed by atoms with van der Waals surface area (Å²) in [6, 6.07) is 10.2. The van der Waals surface area contributed by atoms with E-state index < -0.39 is 0 Å². The molecule has 1 saturated carbocycles. The Kier molecular flexibility index (Phi) is 2.52. The van der Waals surface area contributed by atoms with Gasteiger partial charge in [-0.05, 0) is 30.4 Å². The molecule has 0 bridgehead atoms. The first kappa shape index (κ1) is 10.3. The van der Waals surface area contributed by atoms with Crippen molar-refractivity contribution >= 4 is 0 Å². The molecule has 3 heteroatoms. The predicted octanol–water partition coefficient (Wildman–Crippen LogP) is 2.70. The minimum absolute atomic E-state index is 0.286. The smallest absolute Gasteiger partial charge is 0.305 e. The molecule has 3 nitrogen and oxygen atoms in total.